The minimum Gasteiger partial charge on any atom is -0.444 e. The smallest absolute Gasteiger partial charge is 0.410 e. The van der Waals surface area contributed by atoms with Crippen LogP contribution >= 0.6 is 11.6 Å². The van der Waals surface area contributed by atoms with Gasteiger partial charge in [-0.3, -0.25) is 0 Å². The summed E-state index contributed by atoms with van der Waals surface area (Å²) in [5.74, 6) is 1.78. The summed E-state index contributed by atoms with van der Waals surface area (Å²) in [6, 6.07) is 8.23. The normalized spacial score (nSPS) is 24.9. The number of benzene rings is 1. The molecule has 0 spiro atoms. The maximum Gasteiger partial charge on any atom is 0.410 e. The first-order chi connectivity index (χ1) is 12.8. The average molecular weight is 389 g/mol. The van der Waals surface area contributed by atoms with E-state index in [4.69, 9.17) is 16.3 Å². The second kappa shape index (κ2) is 6.82. The molecule has 1 N–H and O–H groups in total. The zero-order valence-electron chi connectivity index (χ0n) is 15.9. The molecule has 6 nitrogen and oxygen atoms in total. The van der Waals surface area contributed by atoms with Crippen molar-refractivity contribution in [2.75, 3.05) is 18.4 Å². The van der Waals surface area contributed by atoms with Gasteiger partial charge in [0.15, 0.2) is 11.0 Å². The number of likely N-dealkylation sites (tertiary alicyclic amines) is 1. The molecule has 3 atom stereocenters. The average Bonchev–Trinajstić information content (AvgIpc) is 3.15. The van der Waals surface area contributed by atoms with Crippen LogP contribution < -0.4 is 5.32 Å². The Morgan fingerprint density at radius 1 is 1.15 bits per heavy atom. The van der Waals surface area contributed by atoms with E-state index in [1.54, 1.807) is 0 Å². The number of hydrogen-bond acceptors (Lipinski definition) is 5. The van der Waals surface area contributed by atoms with Crippen molar-refractivity contribution in [2.45, 2.75) is 45.3 Å². The van der Waals surface area contributed by atoms with Crippen LogP contribution in [0.4, 0.5) is 10.6 Å². The molecule has 1 aliphatic heterocycles. The molecule has 2 aliphatic rings. The van der Waals surface area contributed by atoms with Crippen LogP contribution in [0.3, 0.4) is 0 Å². The number of halogens is 1. The summed E-state index contributed by atoms with van der Waals surface area (Å²) in [5.41, 5.74) is -0.451. The van der Waals surface area contributed by atoms with Gasteiger partial charge >= 0.3 is 6.09 Å². The maximum absolute atomic E-state index is 12.3. The summed E-state index contributed by atoms with van der Waals surface area (Å²) in [5, 5.41) is 14.2. The highest BCUT2D eigenvalue weighted by Crippen LogP contribution is 2.40. The quantitative estimate of drug-likeness (QED) is 0.828. The SMILES string of the molecule is CC(C)(C)OC(=O)N1CC2C[C@@H](Nc3nnc(Cl)c4ccccc34)C[C@@H]2C1. The van der Waals surface area contributed by atoms with Crippen molar-refractivity contribution in [3.05, 3.63) is 29.4 Å². The number of nitrogens with zero attached hydrogens (tertiary/aromatic N) is 3. The molecule has 144 valence electrons. The van der Waals surface area contributed by atoms with Crippen LogP contribution in [0.15, 0.2) is 24.3 Å². The summed E-state index contributed by atoms with van der Waals surface area (Å²) < 4.78 is 5.51. The van der Waals surface area contributed by atoms with E-state index in [1.165, 1.54) is 0 Å². The second-order valence-corrected chi connectivity index (χ2v) is 8.96. The molecule has 1 saturated heterocycles. The van der Waals surface area contributed by atoms with Gasteiger partial charge in [0.1, 0.15) is 5.60 Å². The molecule has 1 aromatic carbocycles. The second-order valence-electron chi connectivity index (χ2n) is 8.60. The molecular weight excluding hydrogens is 364 g/mol. The zero-order chi connectivity index (χ0) is 19.2. The first-order valence-electron chi connectivity index (χ1n) is 9.45. The molecule has 4 rings (SSSR count). The summed E-state index contributed by atoms with van der Waals surface area (Å²) >= 11 is 6.16. The van der Waals surface area contributed by atoms with Gasteiger partial charge in [-0.1, -0.05) is 35.9 Å². The van der Waals surface area contributed by atoms with Crippen LogP contribution in [0.1, 0.15) is 33.6 Å². The van der Waals surface area contributed by atoms with Crippen LogP contribution in [0, 0.1) is 11.8 Å². The van der Waals surface area contributed by atoms with E-state index in [-0.39, 0.29) is 6.09 Å². The molecule has 2 aromatic rings. The molecule has 1 unspecified atom stereocenters. The predicted molar refractivity (Wildman–Crippen MR) is 106 cm³/mol. The number of carbonyl (C=O) groups excluding carboxylic acids is 1. The topological polar surface area (TPSA) is 67.3 Å². The number of aromatic nitrogens is 2. The molecule has 1 aromatic heterocycles. The molecular formula is C20H25ClN4O2. The summed E-state index contributed by atoms with van der Waals surface area (Å²) in [7, 11) is 0. The van der Waals surface area contributed by atoms with Crippen molar-refractivity contribution < 1.29 is 9.53 Å². The van der Waals surface area contributed by atoms with Crippen molar-refractivity contribution in [3.8, 4) is 0 Å². The lowest BCUT2D eigenvalue weighted by Gasteiger charge is -2.25. The third-order valence-corrected chi connectivity index (χ3v) is 5.66. The number of nitrogens with one attached hydrogen (secondary N) is 1. The van der Waals surface area contributed by atoms with E-state index in [0.717, 1.165) is 42.5 Å². The number of fused-ring (bicyclic) bond motifs is 2. The van der Waals surface area contributed by atoms with Gasteiger partial charge < -0.3 is 15.0 Å². The van der Waals surface area contributed by atoms with Crippen LogP contribution in [-0.4, -0.2) is 45.9 Å². The van der Waals surface area contributed by atoms with Gasteiger partial charge in [0.25, 0.3) is 0 Å². The van der Waals surface area contributed by atoms with E-state index >= 15 is 0 Å². The molecule has 2 fully saturated rings. The Balaban J connectivity index is 1.40. The minimum absolute atomic E-state index is 0.198. The van der Waals surface area contributed by atoms with E-state index in [9.17, 15) is 4.79 Å². The van der Waals surface area contributed by atoms with Gasteiger partial charge in [-0.15, -0.1) is 10.2 Å². The molecule has 1 amide bonds. The lowest BCUT2D eigenvalue weighted by Crippen LogP contribution is -2.36. The Kier molecular flexibility index (Phi) is 4.62. The third-order valence-electron chi connectivity index (χ3n) is 5.39. The van der Waals surface area contributed by atoms with Crippen molar-refractivity contribution in [1.29, 1.82) is 0 Å². The van der Waals surface area contributed by atoms with Crippen LogP contribution in [-0.2, 0) is 4.74 Å². The van der Waals surface area contributed by atoms with Crippen molar-refractivity contribution >= 4 is 34.3 Å². The van der Waals surface area contributed by atoms with Gasteiger partial charge in [-0.05, 0) is 45.4 Å². The van der Waals surface area contributed by atoms with Gasteiger partial charge in [0.05, 0.1) is 0 Å². The predicted octanol–water partition coefficient (Wildman–Crippen LogP) is 4.34. The molecule has 1 aliphatic carbocycles. The van der Waals surface area contributed by atoms with Crippen molar-refractivity contribution in [1.82, 2.24) is 15.1 Å². The number of hydrogen-bond donors (Lipinski definition) is 1. The van der Waals surface area contributed by atoms with E-state index in [1.807, 2.05) is 49.9 Å². The zero-order valence-corrected chi connectivity index (χ0v) is 16.7. The van der Waals surface area contributed by atoms with Gasteiger partial charge in [-0.25, -0.2) is 4.79 Å². The third kappa shape index (κ3) is 3.81. The highest BCUT2D eigenvalue weighted by molar-refractivity contribution is 6.34. The summed E-state index contributed by atoms with van der Waals surface area (Å²) in [4.78, 5) is 14.2. The molecule has 27 heavy (non-hydrogen) atoms. The van der Waals surface area contributed by atoms with Gasteiger partial charge in [-0.2, -0.15) is 0 Å². The number of carbonyl (C=O) groups is 1. The van der Waals surface area contributed by atoms with Crippen LogP contribution in [0.25, 0.3) is 10.8 Å². The standard InChI is InChI=1S/C20H25ClN4O2/c1-20(2,3)27-19(26)25-10-12-8-14(9-13(12)11-25)22-18-16-7-5-4-6-15(16)17(21)23-24-18/h4-7,12-14H,8-11H2,1-3H3,(H,22,24)/t12-,13?,14+/m1/s1. The molecule has 0 radical (unpaired) electrons. The Hall–Kier alpha value is -2.08. The van der Waals surface area contributed by atoms with E-state index < -0.39 is 5.60 Å². The fourth-order valence-electron chi connectivity index (χ4n) is 4.26. The highest BCUT2D eigenvalue weighted by Gasteiger charge is 2.43. The fourth-order valence-corrected chi connectivity index (χ4v) is 4.47. The fraction of sp³-hybridized carbons (Fsp3) is 0.550. The first kappa shape index (κ1) is 18.3. The number of anilines is 1. The molecule has 1 saturated carbocycles. The van der Waals surface area contributed by atoms with E-state index in [0.29, 0.717) is 23.0 Å². The molecule has 7 heteroatoms. The Bertz CT molecular complexity index is 853. The Morgan fingerprint density at radius 3 is 2.41 bits per heavy atom. The van der Waals surface area contributed by atoms with Crippen LogP contribution in [0.5, 0.6) is 0 Å². The van der Waals surface area contributed by atoms with Crippen molar-refractivity contribution in [2.24, 2.45) is 11.8 Å². The number of amides is 1. The van der Waals surface area contributed by atoms with E-state index in [2.05, 4.69) is 15.5 Å². The monoisotopic (exact) mass is 388 g/mol. The Morgan fingerprint density at radius 2 is 1.78 bits per heavy atom. The highest BCUT2D eigenvalue weighted by atomic mass is 35.5. The summed E-state index contributed by atoms with van der Waals surface area (Å²) in [6.45, 7) is 7.24. The minimum atomic E-state index is -0.451. The number of rotatable bonds is 2. The van der Waals surface area contributed by atoms with Crippen molar-refractivity contribution in [3.63, 3.8) is 0 Å². The largest absolute Gasteiger partial charge is 0.444 e. The molecule has 2 heterocycles. The lowest BCUT2D eigenvalue weighted by atomic mass is 10.0. The Labute approximate surface area is 164 Å². The number of ether oxygens (including phenoxy) is 1. The lowest BCUT2D eigenvalue weighted by molar-refractivity contribution is 0.0280. The van der Waals surface area contributed by atoms with Gasteiger partial charge in [0.2, 0.25) is 0 Å². The maximum atomic E-state index is 12.3. The van der Waals surface area contributed by atoms with Crippen LogP contribution in [0.2, 0.25) is 5.15 Å². The summed E-state index contributed by atoms with van der Waals surface area (Å²) in [6.07, 6.45) is 1.83. The van der Waals surface area contributed by atoms with Gasteiger partial charge in [0, 0.05) is 29.9 Å². The first-order valence-corrected chi connectivity index (χ1v) is 9.83. The molecule has 0 bridgehead atoms.